The quantitative estimate of drug-likeness (QED) is 0.646. The molecule has 0 unspecified atom stereocenters. The van der Waals surface area contributed by atoms with Gasteiger partial charge in [-0.05, 0) is 29.8 Å². The van der Waals surface area contributed by atoms with Crippen LogP contribution in [0.5, 0.6) is 5.75 Å². The summed E-state index contributed by atoms with van der Waals surface area (Å²) in [7, 11) is 1.61. The molecule has 0 spiro atoms. The van der Waals surface area contributed by atoms with Gasteiger partial charge in [0.05, 0.1) is 32.0 Å². The molecule has 4 rings (SSSR count). The number of nitrogens with zero attached hydrogens (tertiary/aromatic N) is 4. The van der Waals surface area contributed by atoms with E-state index in [0.717, 1.165) is 23.6 Å². The van der Waals surface area contributed by atoms with E-state index in [4.69, 9.17) is 9.47 Å². The molecule has 6 nitrogen and oxygen atoms in total. The van der Waals surface area contributed by atoms with Crippen LogP contribution in [0.4, 0.5) is 18.9 Å². The molecule has 0 N–H and O–H groups in total. The van der Waals surface area contributed by atoms with Gasteiger partial charge in [-0.3, -0.25) is 0 Å². The zero-order valence-electron chi connectivity index (χ0n) is 15.6. The maximum atomic E-state index is 12.9. The van der Waals surface area contributed by atoms with Crippen LogP contribution in [-0.2, 0) is 17.5 Å². The Morgan fingerprint density at radius 3 is 2.79 bits per heavy atom. The first-order valence-electron chi connectivity index (χ1n) is 9.02. The zero-order valence-corrected chi connectivity index (χ0v) is 15.6. The van der Waals surface area contributed by atoms with Crippen molar-refractivity contribution in [3.8, 4) is 5.75 Å². The lowest BCUT2D eigenvalue weighted by atomic mass is 10.1. The number of hydrogen-bond donors (Lipinski definition) is 0. The van der Waals surface area contributed by atoms with Crippen molar-refractivity contribution in [1.82, 2.24) is 15.0 Å². The average Bonchev–Trinajstić information content (AvgIpc) is 3.37. The Kier molecular flexibility index (Phi) is 5.14. The van der Waals surface area contributed by atoms with E-state index in [1.807, 2.05) is 29.2 Å². The second-order valence-corrected chi connectivity index (χ2v) is 6.66. The number of methoxy groups -OCH3 is 1. The number of aromatic nitrogens is 3. The van der Waals surface area contributed by atoms with Crippen molar-refractivity contribution in [3.63, 3.8) is 0 Å². The van der Waals surface area contributed by atoms with Crippen molar-refractivity contribution in [2.24, 2.45) is 0 Å². The van der Waals surface area contributed by atoms with E-state index in [-0.39, 0.29) is 6.54 Å². The smallest absolute Gasteiger partial charge is 0.416 e. The third-order valence-corrected chi connectivity index (χ3v) is 4.68. The summed E-state index contributed by atoms with van der Waals surface area (Å²) in [5.74, 6) is 0.737. The fraction of sp³-hybridized carbons (Fsp3) is 0.300. The molecule has 1 aromatic heterocycles. The van der Waals surface area contributed by atoms with Crippen molar-refractivity contribution < 1.29 is 22.6 Å². The SMILES string of the molecule is COc1cccc(N2CCO[C@H]2c2cn(Cc3cccc(C(F)(F)F)c3)nn2)c1. The number of anilines is 1. The molecule has 9 heteroatoms. The Morgan fingerprint density at radius 2 is 2.00 bits per heavy atom. The molecule has 2 aromatic carbocycles. The van der Waals surface area contributed by atoms with E-state index in [1.54, 1.807) is 19.4 Å². The van der Waals surface area contributed by atoms with Gasteiger partial charge in [-0.1, -0.05) is 23.4 Å². The highest BCUT2D eigenvalue weighted by Gasteiger charge is 2.31. The van der Waals surface area contributed by atoms with Gasteiger partial charge in [0.25, 0.3) is 0 Å². The lowest BCUT2D eigenvalue weighted by Gasteiger charge is -2.23. The van der Waals surface area contributed by atoms with Gasteiger partial charge >= 0.3 is 6.18 Å². The molecule has 0 bridgehead atoms. The number of hydrogen-bond acceptors (Lipinski definition) is 5. The molecule has 0 radical (unpaired) electrons. The number of halogens is 3. The van der Waals surface area contributed by atoms with E-state index in [1.165, 1.54) is 10.7 Å². The standard InChI is InChI=1S/C20H19F3N4O2/c1-28-17-7-3-6-16(11-17)27-8-9-29-19(27)18-13-26(25-24-18)12-14-4-2-5-15(10-14)20(21,22)23/h2-7,10-11,13,19H,8-9,12H2,1H3/t19-/m0/s1. The number of rotatable bonds is 5. The van der Waals surface area contributed by atoms with Crippen LogP contribution in [0.1, 0.15) is 23.0 Å². The van der Waals surface area contributed by atoms with Gasteiger partial charge in [0.2, 0.25) is 0 Å². The van der Waals surface area contributed by atoms with Gasteiger partial charge < -0.3 is 14.4 Å². The third-order valence-electron chi connectivity index (χ3n) is 4.68. The maximum absolute atomic E-state index is 12.9. The van der Waals surface area contributed by atoms with Crippen molar-refractivity contribution in [1.29, 1.82) is 0 Å². The Balaban J connectivity index is 1.52. The van der Waals surface area contributed by atoms with E-state index < -0.39 is 18.0 Å². The average molecular weight is 404 g/mol. The molecule has 1 saturated heterocycles. The van der Waals surface area contributed by atoms with Crippen LogP contribution in [0.25, 0.3) is 0 Å². The summed E-state index contributed by atoms with van der Waals surface area (Å²) in [6.45, 7) is 1.39. The van der Waals surface area contributed by atoms with Crippen molar-refractivity contribution in [2.45, 2.75) is 18.9 Å². The van der Waals surface area contributed by atoms with Crippen molar-refractivity contribution in [2.75, 3.05) is 25.2 Å². The van der Waals surface area contributed by atoms with E-state index in [9.17, 15) is 13.2 Å². The molecule has 1 aliphatic rings. The summed E-state index contributed by atoms with van der Waals surface area (Å²) in [5.41, 5.74) is 1.34. The minimum atomic E-state index is -4.38. The third kappa shape index (κ3) is 4.19. The minimum absolute atomic E-state index is 0.183. The molecule has 29 heavy (non-hydrogen) atoms. The maximum Gasteiger partial charge on any atom is 0.416 e. The van der Waals surface area contributed by atoms with Gasteiger partial charge in [-0.25, -0.2) is 4.68 Å². The summed E-state index contributed by atoms with van der Waals surface area (Å²) in [6.07, 6.45) is -3.10. The molecule has 3 aromatic rings. The first-order valence-corrected chi connectivity index (χ1v) is 9.02. The molecule has 0 amide bonds. The van der Waals surface area contributed by atoms with Crippen LogP contribution < -0.4 is 9.64 Å². The highest BCUT2D eigenvalue weighted by molar-refractivity contribution is 5.52. The Bertz CT molecular complexity index is 990. The molecule has 2 heterocycles. The second kappa shape index (κ2) is 7.75. The normalized spacial score (nSPS) is 17.0. The van der Waals surface area contributed by atoms with E-state index >= 15 is 0 Å². The van der Waals surface area contributed by atoms with Crippen LogP contribution in [0, 0.1) is 0 Å². The number of alkyl halides is 3. The molecule has 152 valence electrons. The van der Waals surface area contributed by atoms with Crippen molar-refractivity contribution >= 4 is 5.69 Å². The largest absolute Gasteiger partial charge is 0.497 e. The highest BCUT2D eigenvalue weighted by Crippen LogP contribution is 2.33. The van der Waals surface area contributed by atoms with E-state index in [2.05, 4.69) is 10.3 Å². The lowest BCUT2D eigenvalue weighted by molar-refractivity contribution is -0.137. The Labute approximate surface area is 165 Å². The minimum Gasteiger partial charge on any atom is -0.497 e. The molecule has 1 atom stereocenters. The second-order valence-electron chi connectivity index (χ2n) is 6.66. The number of benzene rings is 2. The van der Waals surface area contributed by atoms with E-state index in [0.29, 0.717) is 24.4 Å². The molecule has 0 saturated carbocycles. The Hall–Kier alpha value is -3.07. The first-order chi connectivity index (χ1) is 13.9. The van der Waals surface area contributed by atoms with Crippen LogP contribution in [0.2, 0.25) is 0 Å². The van der Waals surface area contributed by atoms with Crippen LogP contribution in [0.15, 0.2) is 54.7 Å². The fourth-order valence-electron chi connectivity index (χ4n) is 3.31. The molecule has 1 fully saturated rings. The summed E-state index contributed by atoms with van der Waals surface area (Å²) >= 11 is 0. The fourth-order valence-corrected chi connectivity index (χ4v) is 3.31. The molecule has 0 aliphatic carbocycles. The van der Waals surface area contributed by atoms with Crippen LogP contribution in [0.3, 0.4) is 0 Å². The molecular formula is C20H19F3N4O2. The molecule has 1 aliphatic heterocycles. The van der Waals surface area contributed by atoms with Gasteiger partial charge in [0.1, 0.15) is 11.4 Å². The number of ether oxygens (including phenoxy) is 2. The van der Waals surface area contributed by atoms with Gasteiger partial charge in [-0.2, -0.15) is 13.2 Å². The summed E-state index contributed by atoms with van der Waals surface area (Å²) in [5, 5.41) is 8.24. The van der Waals surface area contributed by atoms with Gasteiger partial charge in [0, 0.05) is 18.3 Å². The van der Waals surface area contributed by atoms with Crippen LogP contribution >= 0.6 is 0 Å². The predicted molar refractivity (Wildman–Crippen MR) is 99.6 cm³/mol. The van der Waals surface area contributed by atoms with Crippen LogP contribution in [-0.4, -0.2) is 35.3 Å². The predicted octanol–water partition coefficient (Wildman–Crippen LogP) is 3.89. The molecular weight excluding hydrogens is 385 g/mol. The summed E-state index contributed by atoms with van der Waals surface area (Å²) in [6, 6.07) is 12.8. The Morgan fingerprint density at radius 1 is 1.17 bits per heavy atom. The monoisotopic (exact) mass is 404 g/mol. The first kappa shape index (κ1) is 19.3. The topological polar surface area (TPSA) is 52.4 Å². The summed E-state index contributed by atoms with van der Waals surface area (Å²) in [4.78, 5) is 2.04. The zero-order chi connectivity index (χ0) is 20.4. The van der Waals surface area contributed by atoms with Gasteiger partial charge in [-0.15, -0.1) is 5.10 Å². The van der Waals surface area contributed by atoms with Crippen molar-refractivity contribution in [3.05, 3.63) is 71.5 Å². The highest BCUT2D eigenvalue weighted by atomic mass is 19.4. The lowest BCUT2D eigenvalue weighted by Crippen LogP contribution is -2.23. The summed E-state index contributed by atoms with van der Waals surface area (Å²) < 4.78 is 51.3. The van der Waals surface area contributed by atoms with Gasteiger partial charge in [0.15, 0.2) is 6.23 Å².